The first kappa shape index (κ1) is 22.5. The summed E-state index contributed by atoms with van der Waals surface area (Å²) in [6.07, 6.45) is 2.13. The van der Waals surface area contributed by atoms with Crippen molar-refractivity contribution in [1.82, 2.24) is 9.99 Å². The molecule has 6 nitrogen and oxygen atoms in total. The number of carbonyl (C=O) groups excluding carboxylic acids is 2. The van der Waals surface area contributed by atoms with Crippen molar-refractivity contribution in [2.24, 2.45) is 5.10 Å². The molecule has 1 N–H and O–H groups in total. The Balaban J connectivity index is 1.68. The molecule has 0 atom stereocenters. The number of hydrogen-bond donors (Lipinski definition) is 1. The van der Waals surface area contributed by atoms with Gasteiger partial charge in [-0.1, -0.05) is 0 Å². The van der Waals surface area contributed by atoms with E-state index in [1.807, 2.05) is 55.6 Å². The summed E-state index contributed by atoms with van der Waals surface area (Å²) in [7, 11) is 0. The van der Waals surface area contributed by atoms with Gasteiger partial charge in [0.25, 0.3) is 0 Å². The van der Waals surface area contributed by atoms with Gasteiger partial charge in [-0.05, 0) is 58.0 Å². The van der Waals surface area contributed by atoms with Crippen LogP contribution in [-0.4, -0.2) is 44.8 Å². The normalized spacial score (nSPS) is 15.5. The van der Waals surface area contributed by atoms with E-state index >= 15 is 0 Å². The number of ether oxygens (including phenoxy) is 1. The molecule has 3 rings (SSSR count). The number of aryl methyl sites for hydroxylation is 1. The molecule has 1 aliphatic heterocycles. The molecule has 30 heavy (non-hydrogen) atoms. The molecule has 0 unspecified atom stereocenters. The Morgan fingerprint density at radius 2 is 1.90 bits per heavy atom. The Morgan fingerprint density at radius 3 is 2.53 bits per heavy atom. The van der Waals surface area contributed by atoms with Gasteiger partial charge in [-0.25, -0.2) is 10.2 Å². The molecular formula is C22H27N3O3S2. The molecule has 160 valence electrons. The third-order valence-corrected chi connectivity index (χ3v) is 8.17. The van der Waals surface area contributed by atoms with E-state index in [2.05, 4.69) is 22.0 Å². The molecule has 1 saturated heterocycles. The van der Waals surface area contributed by atoms with E-state index in [0.717, 1.165) is 34.1 Å². The topological polar surface area (TPSA) is 72.7 Å². The van der Waals surface area contributed by atoms with Crippen LogP contribution in [0.4, 0.5) is 0 Å². The maximum Gasteiger partial charge on any atom is 0.338 e. The molecule has 1 aliphatic rings. The average molecular weight is 446 g/mol. The van der Waals surface area contributed by atoms with E-state index in [1.54, 1.807) is 25.3 Å². The van der Waals surface area contributed by atoms with Gasteiger partial charge in [0.15, 0.2) is 0 Å². The number of carbonyl (C=O) groups is 2. The molecule has 0 bridgehead atoms. The Bertz CT molecular complexity index is 945. The molecule has 0 spiro atoms. The van der Waals surface area contributed by atoms with Crippen LogP contribution in [0, 0.1) is 13.8 Å². The number of esters is 1. The van der Waals surface area contributed by atoms with Crippen LogP contribution in [0.5, 0.6) is 0 Å². The Morgan fingerprint density at radius 1 is 1.23 bits per heavy atom. The first-order valence-electron chi connectivity index (χ1n) is 9.89. The van der Waals surface area contributed by atoms with Crippen LogP contribution in [-0.2, 0) is 9.53 Å². The van der Waals surface area contributed by atoms with E-state index in [4.69, 9.17) is 4.74 Å². The van der Waals surface area contributed by atoms with Gasteiger partial charge in [0.05, 0.1) is 28.9 Å². The van der Waals surface area contributed by atoms with Crippen LogP contribution < -0.4 is 5.43 Å². The van der Waals surface area contributed by atoms with E-state index in [9.17, 15) is 9.59 Å². The molecule has 0 aliphatic carbocycles. The summed E-state index contributed by atoms with van der Waals surface area (Å²) in [6, 6.07) is 9.34. The van der Waals surface area contributed by atoms with Gasteiger partial charge in [-0.2, -0.15) is 5.10 Å². The summed E-state index contributed by atoms with van der Waals surface area (Å²) in [5.41, 5.74) is 7.10. The summed E-state index contributed by atoms with van der Waals surface area (Å²) >= 11 is 3.66. The minimum atomic E-state index is -0.322. The zero-order chi connectivity index (χ0) is 21.7. The number of hydrazone groups is 1. The third-order valence-electron chi connectivity index (χ3n) is 4.88. The maximum atomic E-state index is 12.2. The number of amides is 1. The van der Waals surface area contributed by atoms with E-state index in [1.165, 1.54) is 0 Å². The summed E-state index contributed by atoms with van der Waals surface area (Å²) in [5.74, 6) is 1.78. The molecule has 1 fully saturated rings. The first-order valence-corrected chi connectivity index (χ1v) is 11.9. The van der Waals surface area contributed by atoms with Gasteiger partial charge < -0.3 is 9.30 Å². The van der Waals surface area contributed by atoms with Crippen LogP contribution in [0.25, 0.3) is 5.69 Å². The van der Waals surface area contributed by atoms with Crippen molar-refractivity contribution >= 4 is 41.6 Å². The quantitative estimate of drug-likeness (QED) is 0.391. The SMILES string of the molecule is CCOC(=O)c1ccc(-n2c(C)cc(/C=N\NC(=O)CC3(C)SCCS3)c2C)cc1. The van der Waals surface area contributed by atoms with Crippen molar-refractivity contribution in [3.05, 3.63) is 52.8 Å². The second-order valence-corrected chi connectivity index (χ2v) is 10.7. The lowest BCUT2D eigenvalue weighted by Gasteiger charge is -2.19. The zero-order valence-electron chi connectivity index (χ0n) is 17.7. The lowest BCUT2D eigenvalue weighted by Crippen LogP contribution is -2.26. The van der Waals surface area contributed by atoms with Gasteiger partial charge in [-0.15, -0.1) is 23.5 Å². The molecule has 1 aromatic heterocycles. The highest BCUT2D eigenvalue weighted by atomic mass is 32.2. The fraction of sp³-hybridized carbons (Fsp3) is 0.409. The smallest absolute Gasteiger partial charge is 0.338 e. The van der Waals surface area contributed by atoms with Gasteiger partial charge in [0.2, 0.25) is 5.91 Å². The van der Waals surface area contributed by atoms with E-state index < -0.39 is 0 Å². The van der Waals surface area contributed by atoms with Crippen LogP contribution in [0.3, 0.4) is 0 Å². The van der Waals surface area contributed by atoms with Gasteiger partial charge in [-0.3, -0.25) is 4.79 Å². The van der Waals surface area contributed by atoms with E-state index in [-0.39, 0.29) is 16.0 Å². The van der Waals surface area contributed by atoms with Crippen molar-refractivity contribution in [3.63, 3.8) is 0 Å². The monoisotopic (exact) mass is 445 g/mol. The molecule has 1 amide bonds. The van der Waals surface area contributed by atoms with Crippen molar-refractivity contribution in [3.8, 4) is 5.69 Å². The van der Waals surface area contributed by atoms with Gasteiger partial charge >= 0.3 is 5.97 Å². The number of aromatic nitrogens is 1. The summed E-state index contributed by atoms with van der Waals surface area (Å²) in [4.78, 5) is 24.1. The third kappa shape index (κ3) is 5.29. The fourth-order valence-corrected chi connectivity index (χ4v) is 6.27. The molecule has 2 aromatic rings. The summed E-state index contributed by atoms with van der Waals surface area (Å²) in [5, 5.41) is 4.16. The van der Waals surface area contributed by atoms with Crippen molar-refractivity contribution in [2.45, 2.75) is 38.2 Å². The maximum absolute atomic E-state index is 12.2. The molecule has 0 radical (unpaired) electrons. The lowest BCUT2D eigenvalue weighted by molar-refractivity contribution is -0.121. The van der Waals surface area contributed by atoms with Gasteiger partial charge in [0.1, 0.15) is 0 Å². The summed E-state index contributed by atoms with van der Waals surface area (Å²) in [6.45, 7) is 8.27. The Hall–Kier alpha value is -2.19. The minimum absolute atomic E-state index is 0.0504. The number of thioether (sulfide) groups is 2. The second-order valence-electron chi connectivity index (χ2n) is 7.23. The summed E-state index contributed by atoms with van der Waals surface area (Å²) < 4.78 is 7.07. The Labute approximate surface area is 185 Å². The van der Waals surface area contributed by atoms with E-state index in [0.29, 0.717) is 18.6 Å². The highest BCUT2D eigenvalue weighted by molar-refractivity contribution is 8.21. The number of nitrogens with zero attached hydrogens (tertiary/aromatic N) is 2. The predicted molar refractivity (Wildman–Crippen MR) is 125 cm³/mol. The van der Waals surface area contributed by atoms with Crippen molar-refractivity contribution in [2.75, 3.05) is 18.1 Å². The zero-order valence-corrected chi connectivity index (χ0v) is 19.4. The largest absolute Gasteiger partial charge is 0.462 e. The molecule has 1 aromatic carbocycles. The highest BCUT2D eigenvalue weighted by Gasteiger charge is 2.32. The number of rotatable bonds is 7. The van der Waals surface area contributed by atoms with Crippen LogP contribution >= 0.6 is 23.5 Å². The second kappa shape index (κ2) is 9.75. The fourth-order valence-electron chi connectivity index (χ4n) is 3.44. The average Bonchev–Trinajstić information content (AvgIpc) is 3.25. The van der Waals surface area contributed by atoms with Crippen molar-refractivity contribution < 1.29 is 14.3 Å². The first-order chi connectivity index (χ1) is 14.3. The number of hydrogen-bond acceptors (Lipinski definition) is 6. The van der Waals surface area contributed by atoms with Crippen molar-refractivity contribution in [1.29, 1.82) is 0 Å². The molecule has 2 heterocycles. The molecule has 8 heteroatoms. The Kier molecular flexibility index (Phi) is 7.31. The number of benzene rings is 1. The number of nitrogens with one attached hydrogen (secondary N) is 1. The standard InChI is InChI=1S/C22H27N3O3S2/c1-5-28-21(27)17-6-8-19(9-7-17)25-15(2)12-18(16(25)3)14-23-24-20(26)13-22(4)29-10-11-30-22/h6-9,12,14H,5,10-11,13H2,1-4H3,(H,24,26)/b23-14-. The predicted octanol–water partition coefficient (Wildman–Crippen LogP) is 4.31. The van der Waals surface area contributed by atoms with Gasteiger partial charge in [0, 0.05) is 34.1 Å². The van der Waals surface area contributed by atoms with Crippen LogP contribution in [0.15, 0.2) is 35.4 Å². The van der Waals surface area contributed by atoms with Crippen LogP contribution in [0.1, 0.15) is 47.6 Å². The highest BCUT2D eigenvalue weighted by Crippen LogP contribution is 2.45. The molecule has 0 saturated carbocycles. The molecular weight excluding hydrogens is 418 g/mol. The lowest BCUT2D eigenvalue weighted by atomic mass is 10.2. The minimum Gasteiger partial charge on any atom is -0.462 e. The van der Waals surface area contributed by atoms with Crippen LogP contribution in [0.2, 0.25) is 0 Å².